The van der Waals surface area contributed by atoms with E-state index >= 15 is 0 Å². The standard InChI is InChI=1S/C20H21N5O4S2/c1-4-8-24-18(27)17-13(7-9-30-17)25-19(24)22-23-20(25)31-11-16(26)21-12-5-6-14(28-2)15(10-12)29-3/h5-7,9-10H,4,8,11H2,1-3H3,(H,21,26). The highest BCUT2D eigenvalue weighted by atomic mass is 32.2. The zero-order valence-corrected chi connectivity index (χ0v) is 18.9. The summed E-state index contributed by atoms with van der Waals surface area (Å²) in [6, 6.07) is 7.05. The second-order valence-electron chi connectivity index (χ2n) is 6.62. The summed E-state index contributed by atoms with van der Waals surface area (Å²) >= 11 is 2.66. The highest BCUT2D eigenvalue weighted by molar-refractivity contribution is 7.99. The van der Waals surface area contributed by atoms with Gasteiger partial charge in [0.1, 0.15) is 4.70 Å². The monoisotopic (exact) mass is 459 g/mol. The zero-order chi connectivity index (χ0) is 22.0. The van der Waals surface area contributed by atoms with Crippen molar-refractivity contribution in [3.63, 3.8) is 0 Å². The molecule has 0 unspecified atom stereocenters. The summed E-state index contributed by atoms with van der Waals surface area (Å²) in [4.78, 5) is 25.3. The Bertz CT molecular complexity index is 1310. The molecule has 9 nitrogen and oxygen atoms in total. The molecular formula is C20H21N5O4S2. The van der Waals surface area contributed by atoms with E-state index in [1.807, 2.05) is 22.8 Å². The molecule has 31 heavy (non-hydrogen) atoms. The van der Waals surface area contributed by atoms with Crippen LogP contribution >= 0.6 is 23.1 Å². The number of hydrogen-bond donors (Lipinski definition) is 1. The van der Waals surface area contributed by atoms with Crippen molar-refractivity contribution < 1.29 is 14.3 Å². The van der Waals surface area contributed by atoms with Crippen LogP contribution in [-0.4, -0.2) is 45.0 Å². The predicted molar refractivity (Wildman–Crippen MR) is 122 cm³/mol. The van der Waals surface area contributed by atoms with E-state index in [1.165, 1.54) is 23.1 Å². The predicted octanol–water partition coefficient (Wildman–Crippen LogP) is 3.26. The summed E-state index contributed by atoms with van der Waals surface area (Å²) in [6.45, 7) is 2.56. The Morgan fingerprint density at radius 2 is 2.00 bits per heavy atom. The Labute approximate surface area is 186 Å². The van der Waals surface area contributed by atoms with E-state index in [1.54, 1.807) is 37.0 Å². The largest absolute Gasteiger partial charge is 0.493 e. The second-order valence-corrected chi connectivity index (χ2v) is 8.47. The minimum Gasteiger partial charge on any atom is -0.493 e. The minimum atomic E-state index is -0.197. The van der Waals surface area contributed by atoms with Crippen molar-refractivity contribution in [1.82, 2.24) is 19.2 Å². The number of nitrogens with zero attached hydrogens (tertiary/aromatic N) is 4. The van der Waals surface area contributed by atoms with Crippen LogP contribution in [0.1, 0.15) is 13.3 Å². The second kappa shape index (κ2) is 8.98. The van der Waals surface area contributed by atoms with Crippen LogP contribution in [0.15, 0.2) is 39.6 Å². The molecular weight excluding hydrogens is 438 g/mol. The Kier molecular flexibility index (Phi) is 6.14. The third-order valence-corrected chi connectivity index (χ3v) is 6.45. The van der Waals surface area contributed by atoms with Crippen LogP contribution in [0.3, 0.4) is 0 Å². The number of methoxy groups -OCH3 is 2. The van der Waals surface area contributed by atoms with Crippen LogP contribution in [0.2, 0.25) is 0 Å². The Balaban J connectivity index is 1.57. The number of aromatic nitrogens is 4. The Hall–Kier alpha value is -3.05. The zero-order valence-electron chi connectivity index (χ0n) is 17.2. The number of rotatable bonds is 8. The molecule has 11 heteroatoms. The van der Waals surface area contributed by atoms with Crippen molar-refractivity contribution in [1.29, 1.82) is 0 Å². The molecule has 3 aromatic heterocycles. The van der Waals surface area contributed by atoms with Gasteiger partial charge in [-0.3, -0.25) is 18.6 Å². The van der Waals surface area contributed by atoms with Crippen LogP contribution in [0, 0.1) is 0 Å². The molecule has 4 aromatic rings. The van der Waals surface area contributed by atoms with E-state index in [-0.39, 0.29) is 17.2 Å². The lowest BCUT2D eigenvalue weighted by Gasteiger charge is -2.10. The molecule has 0 saturated carbocycles. The normalized spacial score (nSPS) is 11.2. The molecule has 0 saturated heterocycles. The van der Waals surface area contributed by atoms with E-state index in [4.69, 9.17) is 9.47 Å². The smallest absolute Gasteiger partial charge is 0.272 e. The van der Waals surface area contributed by atoms with Crippen molar-refractivity contribution in [3.05, 3.63) is 40.0 Å². The molecule has 0 aliphatic rings. The fourth-order valence-corrected chi connectivity index (χ4v) is 4.82. The van der Waals surface area contributed by atoms with Crippen molar-refractivity contribution in [2.45, 2.75) is 25.0 Å². The number of thioether (sulfide) groups is 1. The first-order chi connectivity index (χ1) is 15.1. The van der Waals surface area contributed by atoms with Gasteiger partial charge in [0, 0.05) is 18.3 Å². The number of carbonyl (C=O) groups is 1. The number of ether oxygens (including phenoxy) is 2. The highest BCUT2D eigenvalue weighted by Gasteiger charge is 2.18. The van der Waals surface area contributed by atoms with Crippen LogP contribution in [-0.2, 0) is 11.3 Å². The molecule has 0 bridgehead atoms. The molecule has 1 amide bonds. The highest BCUT2D eigenvalue weighted by Crippen LogP contribution is 2.30. The third-order valence-electron chi connectivity index (χ3n) is 4.63. The van der Waals surface area contributed by atoms with Gasteiger partial charge in [-0.1, -0.05) is 18.7 Å². The van der Waals surface area contributed by atoms with Gasteiger partial charge < -0.3 is 14.8 Å². The topological polar surface area (TPSA) is 99.8 Å². The van der Waals surface area contributed by atoms with Gasteiger partial charge in [-0.05, 0) is 30.0 Å². The van der Waals surface area contributed by atoms with Crippen LogP contribution in [0.4, 0.5) is 5.69 Å². The van der Waals surface area contributed by atoms with Gasteiger partial charge in [0.2, 0.25) is 11.7 Å². The van der Waals surface area contributed by atoms with E-state index in [0.29, 0.717) is 39.4 Å². The number of benzene rings is 1. The van der Waals surface area contributed by atoms with Crippen LogP contribution < -0.4 is 20.3 Å². The number of hydrogen-bond acceptors (Lipinski definition) is 8. The maximum Gasteiger partial charge on any atom is 0.272 e. The lowest BCUT2D eigenvalue weighted by Crippen LogP contribution is -2.22. The summed E-state index contributed by atoms with van der Waals surface area (Å²) in [5.41, 5.74) is 1.30. The number of aryl methyl sites for hydroxylation is 1. The maximum atomic E-state index is 12.8. The summed E-state index contributed by atoms with van der Waals surface area (Å²) < 4.78 is 14.6. The minimum absolute atomic E-state index is 0.0607. The van der Waals surface area contributed by atoms with Gasteiger partial charge in [0.25, 0.3) is 5.56 Å². The number of thiophene rings is 1. The SMILES string of the molecule is CCCn1c(=O)c2sccc2n2c(SCC(=O)Nc3ccc(OC)c(OC)c3)nnc12. The van der Waals surface area contributed by atoms with Gasteiger partial charge in [-0.15, -0.1) is 21.5 Å². The first-order valence-electron chi connectivity index (χ1n) is 9.57. The average Bonchev–Trinajstić information content (AvgIpc) is 3.42. The van der Waals surface area contributed by atoms with E-state index in [9.17, 15) is 9.59 Å². The fourth-order valence-electron chi connectivity index (χ4n) is 3.26. The molecule has 0 radical (unpaired) electrons. The Morgan fingerprint density at radius 3 is 2.74 bits per heavy atom. The first-order valence-corrected chi connectivity index (χ1v) is 11.4. The molecule has 0 spiro atoms. The first kappa shape index (κ1) is 21.2. The van der Waals surface area contributed by atoms with Gasteiger partial charge in [0.05, 0.1) is 25.5 Å². The summed E-state index contributed by atoms with van der Waals surface area (Å²) in [7, 11) is 3.10. The van der Waals surface area contributed by atoms with Crippen molar-refractivity contribution in [3.8, 4) is 11.5 Å². The molecule has 162 valence electrons. The Morgan fingerprint density at radius 1 is 1.19 bits per heavy atom. The van der Waals surface area contributed by atoms with Crippen LogP contribution in [0.5, 0.6) is 11.5 Å². The number of carbonyl (C=O) groups excluding carboxylic acids is 1. The molecule has 1 N–H and O–H groups in total. The van der Waals surface area contributed by atoms with Gasteiger partial charge in [-0.2, -0.15) is 0 Å². The lowest BCUT2D eigenvalue weighted by atomic mass is 10.2. The molecule has 0 aliphatic heterocycles. The lowest BCUT2D eigenvalue weighted by molar-refractivity contribution is -0.113. The van der Waals surface area contributed by atoms with E-state index in [2.05, 4.69) is 15.5 Å². The summed E-state index contributed by atoms with van der Waals surface area (Å²) in [6.07, 6.45) is 0.801. The molecule has 3 heterocycles. The molecule has 4 rings (SSSR count). The van der Waals surface area contributed by atoms with Crippen molar-refractivity contribution in [2.75, 3.05) is 25.3 Å². The number of amides is 1. The average molecular weight is 460 g/mol. The quantitative estimate of drug-likeness (QED) is 0.404. The van der Waals surface area contributed by atoms with E-state index in [0.717, 1.165) is 11.9 Å². The van der Waals surface area contributed by atoms with Crippen molar-refractivity contribution in [2.24, 2.45) is 0 Å². The van der Waals surface area contributed by atoms with Crippen molar-refractivity contribution >= 4 is 50.7 Å². The summed E-state index contributed by atoms with van der Waals surface area (Å²) in [5.74, 6) is 1.54. The van der Waals surface area contributed by atoms with E-state index < -0.39 is 0 Å². The number of fused-ring (bicyclic) bond motifs is 3. The van der Waals surface area contributed by atoms with Gasteiger partial charge in [-0.25, -0.2) is 0 Å². The number of nitrogens with one attached hydrogen (secondary N) is 1. The molecule has 0 aliphatic carbocycles. The van der Waals surface area contributed by atoms with Gasteiger partial charge in [0.15, 0.2) is 16.7 Å². The molecule has 1 aromatic carbocycles. The fraction of sp³-hybridized carbons (Fsp3) is 0.300. The maximum absolute atomic E-state index is 12.8. The summed E-state index contributed by atoms with van der Waals surface area (Å²) in [5, 5.41) is 13.8. The molecule has 0 atom stereocenters. The number of anilines is 1. The molecule has 0 fully saturated rings. The van der Waals surface area contributed by atoms with Gasteiger partial charge >= 0.3 is 0 Å². The third kappa shape index (κ3) is 3.98. The van der Waals surface area contributed by atoms with Crippen LogP contribution in [0.25, 0.3) is 16.0 Å².